The van der Waals surface area contributed by atoms with Gasteiger partial charge in [-0.15, -0.1) is 0 Å². The quantitative estimate of drug-likeness (QED) is 0.700. The Hall–Kier alpha value is -0.500. The largest absolute Gasteiger partial charge is 0.501 e. The summed E-state index contributed by atoms with van der Waals surface area (Å²) in [5.74, 6) is 0.572. The summed E-state index contributed by atoms with van der Waals surface area (Å²) in [5, 5.41) is 9.58. The van der Waals surface area contributed by atoms with Crippen LogP contribution in [-0.4, -0.2) is 17.8 Å². The van der Waals surface area contributed by atoms with Gasteiger partial charge in [-0.1, -0.05) is 13.8 Å². The van der Waals surface area contributed by atoms with E-state index in [1.54, 1.807) is 6.26 Å². The van der Waals surface area contributed by atoms with Crippen molar-refractivity contribution in [3.05, 3.63) is 11.8 Å². The summed E-state index contributed by atoms with van der Waals surface area (Å²) in [5.41, 5.74) is 1.25. The minimum atomic E-state index is -0.182. The van der Waals surface area contributed by atoms with Crippen molar-refractivity contribution >= 4 is 0 Å². The van der Waals surface area contributed by atoms with Gasteiger partial charge in [0.05, 0.1) is 19.0 Å². The SMILES string of the molecule is CC(C)CC(O)CC1=COCC1. The first-order valence-corrected chi connectivity index (χ1v) is 4.66. The number of hydrogen-bond acceptors (Lipinski definition) is 2. The van der Waals surface area contributed by atoms with Crippen molar-refractivity contribution in [3.63, 3.8) is 0 Å². The molecule has 0 spiro atoms. The molecule has 1 aliphatic rings. The average Bonchev–Trinajstić information content (AvgIpc) is 2.37. The van der Waals surface area contributed by atoms with Crippen molar-refractivity contribution in [1.29, 1.82) is 0 Å². The lowest BCUT2D eigenvalue weighted by Gasteiger charge is -2.12. The van der Waals surface area contributed by atoms with E-state index in [-0.39, 0.29) is 6.10 Å². The van der Waals surface area contributed by atoms with Gasteiger partial charge in [0.25, 0.3) is 0 Å². The molecule has 0 saturated heterocycles. The highest BCUT2D eigenvalue weighted by Crippen LogP contribution is 2.19. The molecule has 0 aromatic rings. The maximum absolute atomic E-state index is 9.58. The third-order valence-corrected chi connectivity index (χ3v) is 2.03. The van der Waals surface area contributed by atoms with Gasteiger partial charge in [-0.05, 0) is 24.3 Å². The molecule has 1 N–H and O–H groups in total. The second-order valence-electron chi connectivity index (χ2n) is 3.88. The predicted octanol–water partition coefficient (Wildman–Crippen LogP) is 2.09. The van der Waals surface area contributed by atoms with Crippen LogP contribution in [0, 0.1) is 5.92 Å². The summed E-state index contributed by atoms with van der Waals surface area (Å²) >= 11 is 0. The van der Waals surface area contributed by atoms with E-state index in [0.29, 0.717) is 5.92 Å². The van der Waals surface area contributed by atoms with E-state index in [4.69, 9.17) is 4.74 Å². The molecule has 1 unspecified atom stereocenters. The molecule has 70 valence electrons. The van der Waals surface area contributed by atoms with Crippen LogP contribution in [0.15, 0.2) is 11.8 Å². The van der Waals surface area contributed by atoms with E-state index in [2.05, 4.69) is 13.8 Å². The Morgan fingerprint density at radius 3 is 2.83 bits per heavy atom. The minimum absolute atomic E-state index is 0.182. The van der Waals surface area contributed by atoms with Crippen molar-refractivity contribution in [2.75, 3.05) is 6.61 Å². The highest BCUT2D eigenvalue weighted by atomic mass is 16.5. The van der Waals surface area contributed by atoms with Gasteiger partial charge in [0.1, 0.15) is 0 Å². The van der Waals surface area contributed by atoms with Crippen LogP contribution in [0.5, 0.6) is 0 Å². The van der Waals surface area contributed by atoms with Crippen LogP contribution >= 0.6 is 0 Å². The zero-order valence-corrected chi connectivity index (χ0v) is 7.92. The van der Waals surface area contributed by atoms with Crippen molar-refractivity contribution < 1.29 is 9.84 Å². The molecule has 0 aromatic carbocycles. The lowest BCUT2D eigenvalue weighted by Crippen LogP contribution is -2.10. The van der Waals surface area contributed by atoms with Crippen LogP contribution in [0.25, 0.3) is 0 Å². The van der Waals surface area contributed by atoms with Gasteiger partial charge >= 0.3 is 0 Å². The second kappa shape index (κ2) is 4.51. The van der Waals surface area contributed by atoms with E-state index < -0.39 is 0 Å². The van der Waals surface area contributed by atoms with Gasteiger partial charge in [0.15, 0.2) is 0 Å². The summed E-state index contributed by atoms with van der Waals surface area (Å²) in [6.45, 7) is 5.05. The Morgan fingerprint density at radius 1 is 1.58 bits per heavy atom. The number of hydrogen-bond donors (Lipinski definition) is 1. The second-order valence-corrected chi connectivity index (χ2v) is 3.88. The Kier molecular flexibility index (Phi) is 3.60. The molecule has 0 radical (unpaired) electrons. The molecule has 0 amide bonds. The summed E-state index contributed by atoms with van der Waals surface area (Å²) in [6, 6.07) is 0. The highest BCUT2D eigenvalue weighted by molar-refractivity contribution is 5.03. The standard InChI is InChI=1S/C10H18O2/c1-8(2)5-10(11)6-9-3-4-12-7-9/h7-8,10-11H,3-6H2,1-2H3. The highest BCUT2D eigenvalue weighted by Gasteiger charge is 2.12. The van der Waals surface area contributed by atoms with Crippen molar-refractivity contribution in [2.24, 2.45) is 5.92 Å². The van der Waals surface area contributed by atoms with E-state index in [0.717, 1.165) is 25.9 Å². The smallest absolute Gasteiger partial charge is 0.0911 e. The third kappa shape index (κ3) is 3.26. The zero-order chi connectivity index (χ0) is 8.97. The predicted molar refractivity (Wildman–Crippen MR) is 48.7 cm³/mol. The van der Waals surface area contributed by atoms with Crippen LogP contribution in [-0.2, 0) is 4.74 Å². The fourth-order valence-electron chi connectivity index (χ4n) is 1.51. The van der Waals surface area contributed by atoms with E-state index in [1.807, 2.05) is 0 Å². The molecule has 1 atom stereocenters. The van der Waals surface area contributed by atoms with Gasteiger partial charge in [-0.2, -0.15) is 0 Å². The molecule has 0 fully saturated rings. The van der Waals surface area contributed by atoms with Gasteiger partial charge < -0.3 is 9.84 Å². The fraction of sp³-hybridized carbons (Fsp3) is 0.800. The monoisotopic (exact) mass is 170 g/mol. The van der Waals surface area contributed by atoms with Crippen molar-refractivity contribution in [1.82, 2.24) is 0 Å². The maximum atomic E-state index is 9.58. The van der Waals surface area contributed by atoms with Crippen LogP contribution in [0.2, 0.25) is 0 Å². The molecule has 0 aliphatic carbocycles. The molecule has 0 saturated carbocycles. The van der Waals surface area contributed by atoms with Gasteiger partial charge in [-0.25, -0.2) is 0 Å². The van der Waals surface area contributed by atoms with Crippen molar-refractivity contribution in [2.45, 2.75) is 39.2 Å². The molecule has 0 aromatic heterocycles. The molecule has 0 bridgehead atoms. The summed E-state index contributed by atoms with van der Waals surface area (Å²) in [6.07, 6.45) is 4.28. The van der Waals surface area contributed by atoms with E-state index in [9.17, 15) is 5.11 Å². The molecule has 1 aliphatic heterocycles. The molecule has 2 nitrogen and oxygen atoms in total. The number of aliphatic hydroxyl groups excluding tert-OH is 1. The van der Waals surface area contributed by atoms with Gasteiger partial charge in [-0.3, -0.25) is 0 Å². The topological polar surface area (TPSA) is 29.5 Å². The Morgan fingerprint density at radius 2 is 2.33 bits per heavy atom. The molecule has 12 heavy (non-hydrogen) atoms. The first-order valence-electron chi connectivity index (χ1n) is 4.66. The van der Waals surface area contributed by atoms with E-state index >= 15 is 0 Å². The van der Waals surface area contributed by atoms with Gasteiger partial charge in [0.2, 0.25) is 0 Å². The number of rotatable bonds is 4. The zero-order valence-electron chi connectivity index (χ0n) is 7.92. The van der Waals surface area contributed by atoms with Crippen LogP contribution in [0.4, 0.5) is 0 Å². The van der Waals surface area contributed by atoms with Crippen LogP contribution in [0.1, 0.15) is 33.1 Å². The minimum Gasteiger partial charge on any atom is -0.501 e. The molecular weight excluding hydrogens is 152 g/mol. The average molecular weight is 170 g/mol. The lowest BCUT2D eigenvalue weighted by atomic mass is 9.99. The maximum Gasteiger partial charge on any atom is 0.0911 e. The molecule has 1 heterocycles. The molecule has 2 heteroatoms. The first kappa shape index (κ1) is 9.59. The van der Waals surface area contributed by atoms with Crippen LogP contribution in [0.3, 0.4) is 0 Å². The molecular formula is C10H18O2. The fourth-order valence-corrected chi connectivity index (χ4v) is 1.51. The first-order chi connectivity index (χ1) is 5.68. The number of ether oxygens (including phenoxy) is 1. The van der Waals surface area contributed by atoms with Crippen molar-refractivity contribution in [3.8, 4) is 0 Å². The number of aliphatic hydroxyl groups is 1. The summed E-state index contributed by atoms with van der Waals surface area (Å²) < 4.78 is 5.09. The molecule has 1 rings (SSSR count). The third-order valence-electron chi connectivity index (χ3n) is 2.03. The van der Waals surface area contributed by atoms with E-state index in [1.165, 1.54) is 5.57 Å². The lowest BCUT2D eigenvalue weighted by molar-refractivity contribution is 0.148. The van der Waals surface area contributed by atoms with Gasteiger partial charge in [0, 0.05) is 6.42 Å². The Bertz CT molecular complexity index is 161. The summed E-state index contributed by atoms with van der Waals surface area (Å²) in [4.78, 5) is 0. The summed E-state index contributed by atoms with van der Waals surface area (Å²) in [7, 11) is 0. The Balaban J connectivity index is 2.21. The normalized spacial score (nSPS) is 19.2. The van der Waals surface area contributed by atoms with Crippen LogP contribution < -0.4 is 0 Å². The Labute approximate surface area is 74.2 Å².